The van der Waals surface area contributed by atoms with E-state index in [2.05, 4.69) is 53.2 Å². The predicted octanol–water partition coefficient (Wildman–Crippen LogP) is 8.03. The normalized spacial score (nSPS) is 11.2. The summed E-state index contributed by atoms with van der Waals surface area (Å²) in [6.07, 6.45) is 17.8. The number of rotatable bonds is 19. The number of carbonyl (C=O) groups excluding carboxylic acids is 1. The highest BCUT2D eigenvalue weighted by molar-refractivity contribution is 5.76. The molecule has 0 bridgehead atoms. The second-order valence-electron chi connectivity index (χ2n) is 10.1. The third kappa shape index (κ3) is 10.2. The third-order valence-electron chi connectivity index (χ3n) is 7.10. The van der Waals surface area contributed by atoms with Gasteiger partial charge in [0, 0.05) is 25.9 Å². The van der Waals surface area contributed by atoms with E-state index in [9.17, 15) is 4.79 Å². The van der Waals surface area contributed by atoms with E-state index in [-0.39, 0.29) is 5.91 Å². The molecule has 0 aliphatic carbocycles. The lowest BCUT2D eigenvalue weighted by atomic mass is 10.1. The summed E-state index contributed by atoms with van der Waals surface area (Å²) in [5.41, 5.74) is 3.62. The van der Waals surface area contributed by atoms with Crippen molar-refractivity contribution in [3.8, 4) is 0 Å². The quantitative estimate of drug-likeness (QED) is 0.173. The molecule has 36 heavy (non-hydrogen) atoms. The van der Waals surface area contributed by atoms with Gasteiger partial charge in [-0.25, -0.2) is 4.98 Å². The van der Waals surface area contributed by atoms with Gasteiger partial charge < -0.3 is 9.88 Å². The number of benzene rings is 2. The molecule has 0 atom stereocenters. The van der Waals surface area contributed by atoms with Crippen molar-refractivity contribution in [2.24, 2.45) is 0 Å². The maximum atomic E-state index is 12.1. The smallest absolute Gasteiger partial charge is 0.220 e. The summed E-state index contributed by atoms with van der Waals surface area (Å²) in [7, 11) is 0. The molecular weight excluding hydrogens is 442 g/mol. The number of unbranched alkanes of at least 4 members (excludes halogenated alkanes) is 10. The SMILES string of the molecule is CCCCCCCCCCCn1c(CCCCCNC(=O)CCc2ccccc2)nc2ccccc21. The van der Waals surface area contributed by atoms with Crippen molar-refractivity contribution < 1.29 is 4.79 Å². The van der Waals surface area contributed by atoms with Crippen LogP contribution >= 0.6 is 0 Å². The summed E-state index contributed by atoms with van der Waals surface area (Å²) < 4.78 is 2.46. The second kappa shape index (κ2) is 16.9. The van der Waals surface area contributed by atoms with Crippen molar-refractivity contribution in [2.45, 2.75) is 110 Å². The Morgan fingerprint density at radius 1 is 0.750 bits per heavy atom. The number of hydrogen-bond donors (Lipinski definition) is 1. The van der Waals surface area contributed by atoms with Gasteiger partial charge in [-0.1, -0.05) is 107 Å². The summed E-state index contributed by atoms with van der Waals surface area (Å²) in [4.78, 5) is 17.1. The molecule has 0 fully saturated rings. The van der Waals surface area contributed by atoms with Crippen molar-refractivity contribution in [2.75, 3.05) is 6.54 Å². The highest BCUT2D eigenvalue weighted by atomic mass is 16.1. The third-order valence-corrected chi connectivity index (χ3v) is 7.10. The second-order valence-corrected chi connectivity index (χ2v) is 10.1. The van der Waals surface area contributed by atoms with Crippen molar-refractivity contribution in [3.63, 3.8) is 0 Å². The number of nitrogens with zero attached hydrogens (tertiary/aromatic N) is 2. The molecule has 3 rings (SSSR count). The summed E-state index contributed by atoms with van der Waals surface area (Å²) in [6.45, 7) is 4.12. The first-order valence-corrected chi connectivity index (χ1v) is 14.5. The van der Waals surface area contributed by atoms with E-state index in [1.165, 1.54) is 74.7 Å². The summed E-state index contributed by atoms with van der Waals surface area (Å²) in [6, 6.07) is 18.8. The Bertz CT molecular complexity index is 995. The zero-order valence-electron chi connectivity index (χ0n) is 22.5. The first-order valence-electron chi connectivity index (χ1n) is 14.5. The number of fused-ring (bicyclic) bond motifs is 1. The minimum Gasteiger partial charge on any atom is -0.356 e. The van der Waals surface area contributed by atoms with Crippen molar-refractivity contribution >= 4 is 16.9 Å². The minimum absolute atomic E-state index is 0.154. The fraction of sp³-hybridized carbons (Fsp3) is 0.562. The fourth-order valence-corrected chi connectivity index (χ4v) is 4.95. The van der Waals surface area contributed by atoms with Gasteiger partial charge in [0.1, 0.15) is 5.82 Å². The van der Waals surface area contributed by atoms with Gasteiger partial charge in [0.15, 0.2) is 0 Å². The number of nitrogens with one attached hydrogen (secondary N) is 1. The molecule has 196 valence electrons. The van der Waals surface area contributed by atoms with Crippen molar-refractivity contribution in [1.82, 2.24) is 14.9 Å². The molecule has 1 amide bonds. The Labute approximate surface area is 218 Å². The molecule has 2 aromatic carbocycles. The van der Waals surface area contributed by atoms with Crippen LogP contribution in [0.5, 0.6) is 0 Å². The van der Waals surface area contributed by atoms with Gasteiger partial charge in [0.2, 0.25) is 5.91 Å². The average molecular weight is 490 g/mol. The van der Waals surface area contributed by atoms with Gasteiger partial charge in [-0.2, -0.15) is 0 Å². The standard InChI is InChI=1S/C32H47N3O/c1-2-3-4-5-6-7-8-9-18-27-35-30-22-16-15-21-29(30)34-31(35)23-14-11-17-26-33-32(36)25-24-28-19-12-10-13-20-28/h10,12-13,15-16,19-22H,2-9,11,14,17-18,23-27H2,1H3,(H,33,36). The highest BCUT2D eigenvalue weighted by Crippen LogP contribution is 2.19. The van der Waals surface area contributed by atoms with Crippen LogP contribution in [-0.2, 0) is 24.2 Å². The van der Waals surface area contributed by atoms with E-state index in [0.717, 1.165) is 50.7 Å². The zero-order valence-corrected chi connectivity index (χ0v) is 22.5. The number of hydrogen-bond acceptors (Lipinski definition) is 2. The molecule has 4 nitrogen and oxygen atoms in total. The molecule has 0 aliphatic rings. The molecule has 0 unspecified atom stereocenters. The number of aromatic nitrogens is 2. The molecule has 0 radical (unpaired) electrons. The van der Waals surface area contributed by atoms with Gasteiger partial charge in [-0.15, -0.1) is 0 Å². The van der Waals surface area contributed by atoms with Crippen LogP contribution in [-0.4, -0.2) is 22.0 Å². The van der Waals surface area contributed by atoms with E-state index in [1.807, 2.05) is 18.2 Å². The Kier molecular flexibility index (Phi) is 13.2. The average Bonchev–Trinajstić information content (AvgIpc) is 3.26. The van der Waals surface area contributed by atoms with Crippen LogP contribution in [0.1, 0.15) is 102 Å². The predicted molar refractivity (Wildman–Crippen MR) is 152 cm³/mol. The van der Waals surface area contributed by atoms with Crippen molar-refractivity contribution in [1.29, 1.82) is 0 Å². The minimum atomic E-state index is 0.154. The largest absolute Gasteiger partial charge is 0.356 e. The number of aryl methyl sites for hydroxylation is 3. The van der Waals surface area contributed by atoms with Gasteiger partial charge in [-0.3, -0.25) is 4.79 Å². The van der Waals surface area contributed by atoms with Gasteiger partial charge >= 0.3 is 0 Å². The van der Waals surface area contributed by atoms with Crippen LogP contribution in [0.4, 0.5) is 0 Å². The van der Waals surface area contributed by atoms with E-state index in [4.69, 9.17) is 4.98 Å². The van der Waals surface area contributed by atoms with E-state index < -0.39 is 0 Å². The van der Waals surface area contributed by atoms with Crippen molar-refractivity contribution in [3.05, 3.63) is 66.0 Å². The Hall–Kier alpha value is -2.62. The van der Waals surface area contributed by atoms with Crippen LogP contribution in [0, 0.1) is 0 Å². The monoisotopic (exact) mass is 489 g/mol. The molecule has 4 heteroatoms. The molecule has 0 spiro atoms. The van der Waals surface area contributed by atoms with Gasteiger partial charge in [0.05, 0.1) is 11.0 Å². The summed E-state index contributed by atoms with van der Waals surface area (Å²) in [5.74, 6) is 1.38. The zero-order chi connectivity index (χ0) is 25.3. The number of carbonyl (C=O) groups is 1. The highest BCUT2D eigenvalue weighted by Gasteiger charge is 2.10. The van der Waals surface area contributed by atoms with Gasteiger partial charge in [-0.05, 0) is 43.4 Å². The van der Waals surface area contributed by atoms with Crippen LogP contribution in [0.3, 0.4) is 0 Å². The maximum Gasteiger partial charge on any atom is 0.220 e. The van der Waals surface area contributed by atoms with Crippen LogP contribution in [0.2, 0.25) is 0 Å². The molecular formula is C32H47N3O. The molecule has 1 aromatic heterocycles. The van der Waals surface area contributed by atoms with Gasteiger partial charge in [0.25, 0.3) is 0 Å². The molecule has 0 saturated carbocycles. The van der Waals surface area contributed by atoms with E-state index in [0.29, 0.717) is 6.42 Å². The number of para-hydroxylation sites is 2. The lowest BCUT2D eigenvalue weighted by Crippen LogP contribution is -2.24. The summed E-state index contributed by atoms with van der Waals surface area (Å²) >= 11 is 0. The van der Waals surface area contributed by atoms with E-state index in [1.54, 1.807) is 0 Å². The molecule has 1 heterocycles. The molecule has 0 saturated heterocycles. The maximum absolute atomic E-state index is 12.1. The topological polar surface area (TPSA) is 46.9 Å². The van der Waals surface area contributed by atoms with Crippen LogP contribution < -0.4 is 5.32 Å². The van der Waals surface area contributed by atoms with Crippen LogP contribution in [0.15, 0.2) is 54.6 Å². The molecule has 0 aliphatic heterocycles. The first-order chi connectivity index (χ1) is 17.8. The lowest BCUT2D eigenvalue weighted by Gasteiger charge is -2.10. The van der Waals surface area contributed by atoms with Crippen LogP contribution in [0.25, 0.3) is 11.0 Å². The number of amides is 1. The molecule has 1 N–H and O–H groups in total. The summed E-state index contributed by atoms with van der Waals surface area (Å²) in [5, 5.41) is 3.08. The first kappa shape index (κ1) is 28.0. The van der Waals surface area contributed by atoms with E-state index >= 15 is 0 Å². The molecule has 3 aromatic rings. The Balaban J connectivity index is 1.33. The fourth-order valence-electron chi connectivity index (χ4n) is 4.95. The Morgan fingerprint density at radius 3 is 2.19 bits per heavy atom. The lowest BCUT2D eigenvalue weighted by molar-refractivity contribution is -0.121. The number of imidazole rings is 1. The Morgan fingerprint density at radius 2 is 1.42 bits per heavy atom.